The van der Waals surface area contributed by atoms with E-state index in [2.05, 4.69) is 20.2 Å². The van der Waals surface area contributed by atoms with Crippen LogP contribution >= 0.6 is 0 Å². The van der Waals surface area contributed by atoms with Crippen LogP contribution in [0.3, 0.4) is 0 Å². The van der Waals surface area contributed by atoms with Crippen molar-refractivity contribution in [3.8, 4) is 0 Å². The number of nitrogens with one attached hydrogen (secondary N) is 3. The molecule has 2 aromatic carbocycles. The van der Waals surface area contributed by atoms with Crippen molar-refractivity contribution in [2.45, 2.75) is 71.0 Å². The zero-order valence-corrected chi connectivity index (χ0v) is 25.9. The van der Waals surface area contributed by atoms with Crippen molar-refractivity contribution >= 4 is 33.4 Å². The van der Waals surface area contributed by atoms with Crippen molar-refractivity contribution in [1.82, 2.24) is 19.6 Å². The Bertz CT molecular complexity index is 1400. The fourth-order valence-electron chi connectivity index (χ4n) is 4.26. The number of nitrogens with two attached hydrogens (primary N) is 1. The number of amides is 1. The number of carbonyl (C=O) groups excluding carboxylic acids is 1. The third-order valence-electron chi connectivity index (χ3n) is 6.53. The smallest absolute Gasteiger partial charge is 0.243 e. The van der Waals surface area contributed by atoms with E-state index in [0.29, 0.717) is 29.7 Å². The van der Waals surface area contributed by atoms with Gasteiger partial charge in [0, 0.05) is 13.1 Å². The molecule has 3 rings (SSSR count). The van der Waals surface area contributed by atoms with Crippen LogP contribution in [0, 0.1) is 23.7 Å². The molecule has 12 nitrogen and oxygen atoms in total. The monoisotopic (exact) mass is 604 g/mol. The number of fused-ring (bicyclic) bond motifs is 1. The Morgan fingerprint density at radius 3 is 2.36 bits per heavy atom. The summed E-state index contributed by atoms with van der Waals surface area (Å²) >= 11 is 0. The lowest BCUT2D eigenvalue weighted by atomic mass is 9.86. The average Bonchev–Trinajstić information content (AvgIpc) is 3.31. The van der Waals surface area contributed by atoms with Gasteiger partial charge in [0.25, 0.3) is 0 Å². The fraction of sp³-hybridized carbons (Fsp3) is 0.483. The first-order valence-electron chi connectivity index (χ1n) is 13.6. The van der Waals surface area contributed by atoms with Gasteiger partial charge in [0.2, 0.25) is 22.3 Å². The molecule has 0 radical (unpaired) electrons. The summed E-state index contributed by atoms with van der Waals surface area (Å²) in [5.74, 6) is 0.305. The fourth-order valence-corrected chi connectivity index (χ4v) is 5.91. The molecule has 3 atom stereocenters. The van der Waals surface area contributed by atoms with Gasteiger partial charge in [-0.2, -0.15) is 4.31 Å². The van der Waals surface area contributed by atoms with Crippen LogP contribution in [0.15, 0.2) is 53.4 Å². The molecule has 0 bridgehead atoms. The molecule has 0 saturated heterocycles. The molecular weight excluding hydrogens is 560 g/mol. The summed E-state index contributed by atoms with van der Waals surface area (Å²) in [6.45, 7) is 11.3. The number of aryl methyl sites for hydroxylation is 1. The summed E-state index contributed by atoms with van der Waals surface area (Å²) in [6, 6.07) is 12.7. The first-order chi connectivity index (χ1) is 19.6. The number of hydrogen-bond acceptors (Lipinski definition) is 9. The molecule has 1 unspecified atom stereocenters. The lowest BCUT2D eigenvalue weighted by molar-refractivity contribution is -0.148. The Morgan fingerprint density at radius 1 is 1.19 bits per heavy atom. The van der Waals surface area contributed by atoms with Crippen LogP contribution < -0.4 is 11.1 Å². The van der Waals surface area contributed by atoms with Gasteiger partial charge in [-0.25, -0.2) is 18.7 Å². The number of rotatable bonds is 12. The van der Waals surface area contributed by atoms with E-state index in [1.807, 2.05) is 71.9 Å². The molecule has 232 valence electrons. The number of aliphatic hydroxyl groups excluding tert-OH is 1. The lowest BCUT2D eigenvalue weighted by Gasteiger charge is -2.33. The highest BCUT2D eigenvalue weighted by molar-refractivity contribution is 7.89. The molecule has 0 saturated carbocycles. The van der Waals surface area contributed by atoms with E-state index in [0.717, 1.165) is 5.56 Å². The first kappa shape index (κ1) is 34.8. The number of aromatic nitrogens is 2. The molecule has 0 fully saturated rings. The highest BCUT2D eigenvalue weighted by atomic mass is 32.2. The molecular formula is C29H44N6O6S. The van der Waals surface area contributed by atoms with Crippen molar-refractivity contribution in [1.29, 1.82) is 5.41 Å². The maximum absolute atomic E-state index is 13.8. The van der Waals surface area contributed by atoms with Gasteiger partial charge < -0.3 is 26.0 Å². The van der Waals surface area contributed by atoms with Gasteiger partial charge in [-0.05, 0) is 48.4 Å². The third-order valence-corrected chi connectivity index (χ3v) is 8.36. The standard InChI is InChI=1S/C28H41N5O4S.CH3NO2/c1-18(2)16-33(38(36,37)21-12-13-22-23(15-21)31-19(3)30-22)17-25(34)24(14-20-10-8-7-9-11-20)32-27(35)26(29)28(4,5)6;2-1-4-3/h7-13,15,18,24-26,34H,14,16-17,29H2,1-6H3,(H,30,31)(H,32,35);1-3H/t24-,25?,26+;/m0./s1. The van der Waals surface area contributed by atoms with E-state index in [-0.39, 0.29) is 23.9 Å². The topological polar surface area (TPSA) is 195 Å². The Hall–Kier alpha value is -3.36. The molecule has 13 heteroatoms. The van der Waals surface area contributed by atoms with Gasteiger partial charge in [0.15, 0.2) is 0 Å². The number of aromatic amines is 1. The molecule has 7 N–H and O–H groups in total. The van der Waals surface area contributed by atoms with Crippen molar-refractivity contribution in [3.63, 3.8) is 0 Å². The van der Waals surface area contributed by atoms with Crippen LogP contribution in [0.4, 0.5) is 0 Å². The van der Waals surface area contributed by atoms with Crippen LogP contribution in [-0.2, 0) is 26.1 Å². The highest BCUT2D eigenvalue weighted by Crippen LogP contribution is 2.23. The van der Waals surface area contributed by atoms with Gasteiger partial charge in [-0.3, -0.25) is 10.2 Å². The van der Waals surface area contributed by atoms with Gasteiger partial charge in [0.1, 0.15) is 5.82 Å². The van der Waals surface area contributed by atoms with E-state index < -0.39 is 39.5 Å². The molecule has 1 heterocycles. The van der Waals surface area contributed by atoms with E-state index in [4.69, 9.17) is 16.4 Å². The van der Waals surface area contributed by atoms with Gasteiger partial charge in [0.05, 0.1) is 34.1 Å². The molecule has 0 aliphatic heterocycles. The summed E-state index contributed by atoms with van der Waals surface area (Å²) in [5.41, 5.74) is 7.91. The zero-order valence-electron chi connectivity index (χ0n) is 25.0. The van der Waals surface area contributed by atoms with Crippen molar-refractivity contribution in [3.05, 3.63) is 59.9 Å². The molecule has 0 aliphatic rings. The number of aliphatic hydroxyl groups is 1. The normalized spacial score (nSPS) is 14.2. The van der Waals surface area contributed by atoms with Crippen molar-refractivity contribution < 1.29 is 28.5 Å². The van der Waals surface area contributed by atoms with E-state index in [9.17, 15) is 18.3 Å². The Kier molecular flexibility index (Phi) is 12.6. The Labute approximate surface area is 247 Å². The maximum Gasteiger partial charge on any atom is 0.243 e. The number of carbonyl (C=O) groups is 1. The van der Waals surface area contributed by atoms with Crippen LogP contribution in [0.2, 0.25) is 0 Å². The van der Waals surface area contributed by atoms with E-state index >= 15 is 0 Å². The van der Waals surface area contributed by atoms with Crippen LogP contribution in [0.1, 0.15) is 46.0 Å². The van der Waals surface area contributed by atoms with Crippen LogP contribution in [0.25, 0.3) is 11.0 Å². The van der Waals surface area contributed by atoms with Gasteiger partial charge in [-0.1, -0.05) is 65.0 Å². The third kappa shape index (κ3) is 9.88. The minimum absolute atomic E-state index is 0.00609. The Morgan fingerprint density at radius 2 is 1.81 bits per heavy atom. The first-order valence-corrected chi connectivity index (χ1v) is 15.1. The summed E-state index contributed by atoms with van der Waals surface area (Å²) < 4.78 is 28.8. The number of benzene rings is 2. The highest BCUT2D eigenvalue weighted by Gasteiger charge is 2.34. The summed E-state index contributed by atoms with van der Waals surface area (Å²) in [7, 11) is -3.96. The SMILES string of the molecule is Cc1nc2ccc(S(=O)(=O)N(CC(C)C)CC(O)[C@H](Cc3ccccc3)NC(=O)[C@@H](N)C(C)(C)C)cc2[nH]1.N=COO. The molecule has 0 spiro atoms. The summed E-state index contributed by atoms with van der Waals surface area (Å²) in [5, 5.41) is 27.3. The zero-order chi connectivity index (χ0) is 31.7. The number of H-pyrrole nitrogens is 1. The van der Waals surface area contributed by atoms with Gasteiger partial charge in [-0.15, -0.1) is 0 Å². The van der Waals surface area contributed by atoms with Crippen LogP contribution in [-0.4, -0.2) is 76.6 Å². The second-order valence-corrected chi connectivity index (χ2v) is 13.6. The van der Waals surface area contributed by atoms with Crippen LogP contribution in [0.5, 0.6) is 0 Å². The quantitative estimate of drug-likeness (QED) is 0.0785. The largest absolute Gasteiger partial charge is 0.390 e. The molecule has 3 aromatic rings. The number of hydrogen-bond donors (Lipinski definition) is 6. The summed E-state index contributed by atoms with van der Waals surface area (Å²) in [6.07, 6.45) is -0.433. The average molecular weight is 605 g/mol. The second-order valence-electron chi connectivity index (χ2n) is 11.7. The number of sulfonamides is 1. The predicted molar refractivity (Wildman–Crippen MR) is 162 cm³/mol. The van der Waals surface area contributed by atoms with Crippen molar-refractivity contribution in [2.75, 3.05) is 13.1 Å². The Balaban J connectivity index is 0.00000144. The minimum atomic E-state index is -3.96. The molecule has 42 heavy (non-hydrogen) atoms. The van der Waals surface area contributed by atoms with Crippen molar-refractivity contribution in [2.24, 2.45) is 17.1 Å². The number of imidazole rings is 1. The molecule has 1 aromatic heterocycles. The summed E-state index contributed by atoms with van der Waals surface area (Å²) in [4.78, 5) is 23.6. The molecule has 1 amide bonds. The minimum Gasteiger partial charge on any atom is -0.390 e. The van der Waals surface area contributed by atoms with Gasteiger partial charge >= 0.3 is 0 Å². The second kappa shape index (κ2) is 15.2. The predicted octanol–water partition coefficient (Wildman–Crippen LogP) is 3.06. The maximum atomic E-state index is 13.8. The molecule has 0 aliphatic carbocycles. The number of nitrogens with zero attached hydrogens (tertiary/aromatic N) is 2. The van der Waals surface area contributed by atoms with E-state index in [1.54, 1.807) is 12.1 Å². The van der Waals surface area contributed by atoms with E-state index in [1.165, 1.54) is 10.4 Å². The lowest BCUT2D eigenvalue weighted by Crippen LogP contribution is -2.56.